The molecule has 0 fully saturated rings. The van der Waals surface area contributed by atoms with E-state index in [1.54, 1.807) is 23.9 Å². The van der Waals surface area contributed by atoms with Crippen LogP contribution in [0.25, 0.3) is 33.1 Å². The Bertz CT molecular complexity index is 1200. The third-order valence-electron chi connectivity index (χ3n) is 4.05. The van der Waals surface area contributed by atoms with E-state index in [2.05, 4.69) is 9.97 Å². The molecule has 128 valence electrons. The number of oxazole rings is 1. The van der Waals surface area contributed by atoms with Crippen LogP contribution in [0.15, 0.2) is 47.0 Å². The lowest BCUT2D eigenvalue weighted by Gasteiger charge is -1.99. The van der Waals surface area contributed by atoms with Crippen LogP contribution in [-0.4, -0.2) is 32.1 Å². The molecule has 0 atom stereocenters. The second-order valence-corrected chi connectivity index (χ2v) is 9.31. The van der Waals surface area contributed by atoms with Crippen molar-refractivity contribution >= 4 is 36.9 Å². The van der Waals surface area contributed by atoms with Crippen molar-refractivity contribution in [1.29, 1.82) is 0 Å². The zero-order chi connectivity index (χ0) is 17.6. The molecule has 6 heteroatoms. The van der Waals surface area contributed by atoms with Crippen LogP contribution in [0.3, 0.4) is 0 Å². The molecular weight excluding hydrogens is 339 g/mol. The van der Waals surface area contributed by atoms with Gasteiger partial charge in [-0.3, -0.25) is 4.21 Å². The minimum absolute atomic E-state index is 0.267. The topological polar surface area (TPSA) is 58.9 Å². The maximum Gasteiger partial charge on any atom is 0.199 e. The van der Waals surface area contributed by atoms with Crippen LogP contribution in [0.4, 0.5) is 4.39 Å². The van der Waals surface area contributed by atoms with Gasteiger partial charge in [-0.05, 0) is 50.8 Å². The molecular formula is C19H17FN2O2S. The van der Waals surface area contributed by atoms with Crippen LogP contribution in [0.1, 0.15) is 5.89 Å². The quantitative estimate of drug-likeness (QED) is 0.564. The largest absolute Gasteiger partial charge is 0.440 e. The molecule has 0 spiro atoms. The SMILES string of the molecule is CS(C)(=O)=CCc1nc2cc(-c3c[nH]c4cc(F)ccc34)ccc2o1. The van der Waals surface area contributed by atoms with Gasteiger partial charge in [-0.1, -0.05) is 6.07 Å². The van der Waals surface area contributed by atoms with Gasteiger partial charge < -0.3 is 9.40 Å². The number of hydrogen-bond donors (Lipinski definition) is 1. The van der Waals surface area contributed by atoms with E-state index in [4.69, 9.17) is 4.42 Å². The Morgan fingerprint density at radius 3 is 2.88 bits per heavy atom. The van der Waals surface area contributed by atoms with Gasteiger partial charge in [0.2, 0.25) is 0 Å². The lowest BCUT2D eigenvalue weighted by Crippen LogP contribution is -1.99. The predicted octanol–water partition coefficient (Wildman–Crippen LogP) is 4.00. The Balaban J connectivity index is 1.77. The minimum atomic E-state index is -1.94. The van der Waals surface area contributed by atoms with E-state index in [-0.39, 0.29) is 5.82 Å². The molecule has 2 aromatic carbocycles. The smallest absolute Gasteiger partial charge is 0.199 e. The van der Waals surface area contributed by atoms with Crippen molar-refractivity contribution in [3.63, 3.8) is 0 Å². The second-order valence-electron chi connectivity index (χ2n) is 6.36. The molecule has 0 saturated carbocycles. The van der Waals surface area contributed by atoms with Crippen LogP contribution < -0.4 is 0 Å². The molecule has 2 aromatic heterocycles. The summed E-state index contributed by atoms with van der Waals surface area (Å²) in [6, 6.07) is 10.5. The number of nitrogens with zero attached hydrogens (tertiary/aromatic N) is 1. The number of aromatic amines is 1. The molecule has 4 rings (SSSR count). The highest BCUT2D eigenvalue weighted by atomic mass is 32.2. The molecule has 0 aliphatic carbocycles. The highest BCUT2D eigenvalue weighted by Gasteiger charge is 2.10. The minimum Gasteiger partial charge on any atom is -0.440 e. The van der Waals surface area contributed by atoms with E-state index < -0.39 is 9.52 Å². The number of benzene rings is 2. The first-order chi connectivity index (χ1) is 11.9. The molecule has 4 nitrogen and oxygen atoms in total. The first-order valence-corrected chi connectivity index (χ1v) is 10.3. The Hall–Kier alpha value is -2.60. The molecule has 4 aromatic rings. The summed E-state index contributed by atoms with van der Waals surface area (Å²) in [5.41, 5.74) is 4.15. The summed E-state index contributed by atoms with van der Waals surface area (Å²) in [7, 11) is -1.94. The lowest BCUT2D eigenvalue weighted by atomic mass is 10.0. The van der Waals surface area contributed by atoms with E-state index >= 15 is 0 Å². The number of fused-ring (bicyclic) bond motifs is 2. The van der Waals surface area contributed by atoms with Crippen molar-refractivity contribution in [3.8, 4) is 11.1 Å². The van der Waals surface area contributed by atoms with Crippen LogP contribution in [0, 0.1) is 5.82 Å². The number of nitrogens with one attached hydrogen (secondary N) is 1. The first-order valence-electron chi connectivity index (χ1n) is 7.83. The summed E-state index contributed by atoms with van der Waals surface area (Å²) in [5.74, 6) is 0.279. The number of aromatic nitrogens is 2. The Labute approximate surface area is 144 Å². The zero-order valence-electron chi connectivity index (χ0n) is 13.9. The maximum absolute atomic E-state index is 13.3. The molecule has 0 bridgehead atoms. The standard InChI is InChI=1S/C19H17FN2O2S/c1-25(2,23)8-7-19-22-17-9-12(3-6-18(17)24-19)15-11-21-16-10-13(20)4-5-14(15)16/h3-6,8-11,21H,7H2,1-2H3. The third-order valence-corrected chi connectivity index (χ3v) is 5.02. The predicted molar refractivity (Wildman–Crippen MR) is 101 cm³/mol. The summed E-state index contributed by atoms with van der Waals surface area (Å²) in [6.45, 7) is 0. The van der Waals surface area contributed by atoms with Gasteiger partial charge >= 0.3 is 0 Å². The van der Waals surface area contributed by atoms with Crippen molar-refractivity contribution in [3.05, 3.63) is 54.3 Å². The van der Waals surface area contributed by atoms with E-state index in [0.717, 1.165) is 27.5 Å². The average molecular weight is 356 g/mol. The summed E-state index contributed by atoms with van der Waals surface area (Å²) in [6.07, 6.45) is 5.67. The van der Waals surface area contributed by atoms with Gasteiger partial charge in [0.05, 0.1) is 6.42 Å². The van der Waals surface area contributed by atoms with Gasteiger partial charge in [-0.15, -0.1) is 0 Å². The fraction of sp³-hybridized carbons (Fsp3) is 0.158. The summed E-state index contributed by atoms with van der Waals surface area (Å²) >= 11 is 0. The number of hydrogen-bond acceptors (Lipinski definition) is 3. The fourth-order valence-corrected chi connectivity index (χ4v) is 3.38. The third kappa shape index (κ3) is 3.17. The first kappa shape index (κ1) is 15.9. The fourth-order valence-electron chi connectivity index (χ4n) is 2.84. The molecule has 25 heavy (non-hydrogen) atoms. The van der Waals surface area contributed by atoms with Gasteiger partial charge in [-0.25, -0.2) is 9.37 Å². The van der Waals surface area contributed by atoms with Gasteiger partial charge in [0.15, 0.2) is 11.5 Å². The molecule has 0 radical (unpaired) electrons. The molecule has 0 unspecified atom stereocenters. The summed E-state index contributed by atoms with van der Waals surface area (Å²) in [4.78, 5) is 7.58. The Morgan fingerprint density at radius 1 is 1.24 bits per heavy atom. The summed E-state index contributed by atoms with van der Waals surface area (Å²) in [5, 5.41) is 2.68. The highest BCUT2D eigenvalue weighted by Crippen LogP contribution is 2.31. The molecule has 0 amide bonds. The Kier molecular flexibility index (Phi) is 3.65. The Morgan fingerprint density at radius 2 is 2.08 bits per heavy atom. The number of H-pyrrole nitrogens is 1. The van der Waals surface area contributed by atoms with E-state index in [1.165, 1.54) is 12.1 Å². The maximum atomic E-state index is 13.3. The number of halogens is 1. The zero-order valence-corrected chi connectivity index (χ0v) is 14.7. The van der Waals surface area contributed by atoms with Crippen LogP contribution >= 0.6 is 0 Å². The van der Waals surface area contributed by atoms with E-state index in [1.807, 2.05) is 24.4 Å². The molecule has 0 aliphatic heterocycles. The normalized spacial score (nSPS) is 12.1. The van der Waals surface area contributed by atoms with E-state index in [0.29, 0.717) is 17.9 Å². The molecule has 1 N–H and O–H groups in total. The monoisotopic (exact) mass is 356 g/mol. The van der Waals surface area contributed by atoms with Crippen molar-refractivity contribution < 1.29 is 13.0 Å². The molecule has 0 saturated heterocycles. The lowest BCUT2D eigenvalue weighted by molar-refractivity contribution is 0.553. The average Bonchev–Trinajstić information content (AvgIpc) is 3.14. The number of rotatable bonds is 3. The second kappa shape index (κ2) is 5.74. The van der Waals surface area contributed by atoms with Crippen LogP contribution in [0.2, 0.25) is 0 Å². The van der Waals surface area contributed by atoms with Crippen LogP contribution in [0.5, 0.6) is 0 Å². The van der Waals surface area contributed by atoms with Gasteiger partial charge in [0.25, 0.3) is 0 Å². The van der Waals surface area contributed by atoms with E-state index in [9.17, 15) is 8.60 Å². The van der Waals surface area contributed by atoms with Crippen molar-refractivity contribution in [2.45, 2.75) is 6.42 Å². The highest BCUT2D eigenvalue weighted by molar-refractivity contribution is 8.00. The van der Waals surface area contributed by atoms with Crippen molar-refractivity contribution in [1.82, 2.24) is 9.97 Å². The summed E-state index contributed by atoms with van der Waals surface area (Å²) < 4.78 is 30.8. The van der Waals surface area contributed by atoms with Crippen molar-refractivity contribution in [2.24, 2.45) is 0 Å². The van der Waals surface area contributed by atoms with Crippen molar-refractivity contribution in [2.75, 3.05) is 12.5 Å². The van der Waals surface area contributed by atoms with Gasteiger partial charge in [-0.2, -0.15) is 0 Å². The molecule has 2 heterocycles. The van der Waals surface area contributed by atoms with Crippen LogP contribution in [-0.2, 0) is 15.9 Å². The van der Waals surface area contributed by atoms with Gasteiger partial charge in [0, 0.05) is 35.2 Å². The van der Waals surface area contributed by atoms with Gasteiger partial charge in [0.1, 0.15) is 11.3 Å². The molecule has 0 aliphatic rings.